The highest BCUT2D eigenvalue weighted by molar-refractivity contribution is 5.80. The number of aliphatic imine (C=N–C) groups is 1. The SMILES string of the molecule is CCNC(=NCc1ccc(OC(C)C)cc1)NC(C)(C)C. The largest absolute Gasteiger partial charge is 0.491 e. The molecule has 0 aromatic heterocycles. The number of hydrogen-bond donors (Lipinski definition) is 2. The summed E-state index contributed by atoms with van der Waals surface area (Å²) in [6.45, 7) is 14.0. The van der Waals surface area contributed by atoms with Crippen molar-refractivity contribution >= 4 is 5.96 Å². The fourth-order valence-corrected chi connectivity index (χ4v) is 1.78. The molecule has 0 aliphatic heterocycles. The van der Waals surface area contributed by atoms with Gasteiger partial charge in [0.05, 0.1) is 12.6 Å². The van der Waals surface area contributed by atoms with Gasteiger partial charge in [0.2, 0.25) is 0 Å². The second kappa shape index (κ2) is 7.91. The number of nitrogens with zero attached hydrogens (tertiary/aromatic N) is 1. The predicted octanol–water partition coefficient (Wildman–Crippen LogP) is 3.33. The van der Waals surface area contributed by atoms with Crippen LogP contribution in [0.4, 0.5) is 0 Å². The molecule has 0 fully saturated rings. The lowest BCUT2D eigenvalue weighted by Gasteiger charge is -2.23. The van der Waals surface area contributed by atoms with Crippen LogP contribution in [0, 0.1) is 0 Å². The van der Waals surface area contributed by atoms with Crippen molar-refractivity contribution in [1.29, 1.82) is 0 Å². The van der Waals surface area contributed by atoms with Gasteiger partial charge in [0, 0.05) is 12.1 Å². The zero-order chi connectivity index (χ0) is 15.9. The van der Waals surface area contributed by atoms with Crippen molar-refractivity contribution in [2.24, 2.45) is 4.99 Å². The standard InChI is InChI=1S/C17H29N3O/c1-7-18-16(20-17(4,5)6)19-12-14-8-10-15(11-9-14)21-13(2)3/h8-11,13H,7,12H2,1-6H3,(H2,18,19,20). The van der Waals surface area contributed by atoms with E-state index in [9.17, 15) is 0 Å². The number of rotatable bonds is 5. The van der Waals surface area contributed by atoms with E-state index in [1.165, 1.54) is 0 Å². The van der Waals surface area contributed by atoms with E-state index in [0.29, 0.717) is 6.54 Å². The molecule has 4 heteroatoms. The number of guanidine groups is 1. The molecule has 4 nitrogen and oxygen atoms in total. The Morgan fingerprint density at radius 3 is 2.29 bits per heavy atom. The minimum atomic E-state index is -0.00400. The Kier molecular flexibility index (Phi) is 6.53. The number of benzene rings is 1. The first-order chi connectivity index (χ1) is 9.80. The summed E-state index contributed by atoms with van der Waals surface area (Å²) in [7, 11) is 0. The van der Waals surface area contributed by atoms with Crippen LogP contribution in [0.3, 0.4) is 0 Å². The third-order valence-corrected chi connectivity index (χ3v) is 2.55. The summed E-state index contributed by atoms with van der Waals surface area (Å²) in [6, 6.07) is 8.10. The molecular weight excluding hydrogens is 262 g/mol. The normalized spacial score (nSPS) is 12.4. The molecule has 118 valence electrons. The lowest BCUT2D eigenvalue weighted by atomic mass is 10.1. The van der Waals surface area contributed by atoms with E-state index in [2.05, 4.69) is 55.5 Å². The van der Waals surface area contributed by atoms with Crippen LogP contribution >= 0.6 is 0 Å². The molecule has 1 aromatic carbocycles. The highest BCUT2D eigenvalue weighted by Gasteiger charge is 2.11. The lowest BCUT2D eigenvalue weighted by Crippen LogP contribution is -2.47. The van der Waals surface area contributed by atoms with Gasteiger partial charge < -0.3 is 15.4 Å². The van der Waals surface area contributed by atoms with Gasteiger partial charge in [-0.3, -0.25) is 0 Å². The molecule has 2 N–H and O–H groups in total. The molecule has 0 amide bonds. The molecule has 0 aliphatic rings. The van der Waals surface area contributed by atoms with Gasteiger partial charge in [-0.1, -0.05) is 12.1 Å². The molecule has 21 heavy (non-hydrogen) atoms. The van der Waals surface area contributed by atoms with Crippen LogP contribution in [0.5, 0.6) is 5.75 Å². The van der Waals surface area contributed by atoms with Crippen LogP contribution in [0.2, 0.25) is 0 Å². The zero-order valence-corrected chi connectivity index (χ0v) is 14.2. The molecule has 1 aromatic rings. The minimum Gasteiger partial charge on any atom is -0.491 e. The Bertz CT molecular complexity index is 444. The summed E-state index contributed by atoms with van der Waals surface area (Å²) >= 11 is 0. The minimum absolute atomic E-state index is 0.00400. The highest BCUT2D eigenvalue weighted by Crippen LogP contribution is 2.14. The third-order valence-electron chi connectivity index (χ3n) is 2.55. The van der Waals surface area contributed by atoms with Gasteiger partial charge in [-0.25, -0.2) is 4.99 Å². The molecule has 1 rings (SSSR count). The second-order valence-electron chi connectivity index (χ2n) is 6.38. The fraction of sp³-hybridized carbons (Fsp3) is 0.588. The van der Waals surface area contributed by atoms with Gasteiger partial charge in [-0.05, 0) is 59.2 Å². The van der Waals surface area contributed by atoms with Gasteiger partial charge in [0.1, 0.15) is 5.75 Å². The van der Waals surface area contributed by atoms with Crippen molar-refractivity contribution in [3.63, 3.8) is 0 Å². The van der Waals surface area contributed by atoms with Crippen LogP contribution in [-0.4, -0.2) is 24.1 Å². The molecule has 0 unspecified atom stereocenters. The Labute approximate surface area is 129 Å². The van der Waals surface area contributed by atoms with E-state index in [0.717, 1.165) is 23.8 Å². The molecule has 0 spiro atoms. The van der Waals surface area contributed by atoms with E-state index in [-0.39, 0.29) is 11.6 Å². The van der Waals surface area contributed by atoms with Crippen molar-refractivity contribution in [2.45, 2.75) is 59.7 Å². The van der Waals surface area contributed by atoms with Crippen molar-refractivity contribution in [2.75, 3.05) is 6.54 Å². The third kappa shape index (κ3) is 7.59. The van der Waals surface area contributed by atoms with Crippen LogP contribution in [0.15, 0.2) is 29.3 Å². The van der Waals surface area contributed by atoms with Gasteiger partial charge in [0.25, 0.3) is 0 Å². The molecule has 0 aliphatic carbocycles. The number of nitrogens with one attached hydrogen (secondary N) is 2. The maximum absolute atomic E-state index is 5.64. The summed E-state index contributed by atoms with van der Waals surface area (Å²) in [4.78, 5) is 4.61. The first-order valence-corrected chi connectivity index (χ1v) is 7.62. The zero-order valence-electron chi connectivity index (χ0n) is 14.2. The van der Waals surface area contributed by atoms with Crippen molar-refractivity contribution < 1.29 is 4.74 Å². The first kappa shape index (κ1) is 17.3. The Morgan fingerprint density at radius 2 is 1.81 bits per heavy atom. The molecule has 0 heterocycles. The fourth-order valence-electron chi connectivity index (χ4n) is 1.78. The van der Waals surface area contributed by atoms with Crippen LogP contribution in [-0.2, 0) is 6.54 Å². The maximum atomic E-state index is 5.64. The molecule has 0 saturated heterocycles. The van der Waals surface area contributed by atoms with Crippen LogP contribution in [0.25, 0.3) is 0 Å². The molecule has 0 atom stereocenters. The Balaban J connectivity index is 2.67. The predicted molar refractivity (Wildman–Crippen MR) is 89.9 cm³/mol. The quantitative estimate of drug-likeness (QED) is 0.646. The monoisotopic (exact) mass is 291 g/mol. The van der Waals surface area contributed by atoms with Gasteiger partial charge >= 0.3 is 0 Å². The van der Waals surface area contributed by atoms with E-state index in [1.807, 2.05) is 26.0 Å². The first-order valence-electron chi connectivity index (χ1n) is 7.62. The van der Waals surface area contributed by atoms with E-state index < -0.39 is 0 Å². The van der Waals surface area contributed by atoms with Crippen LogP contribution < -0.4 is 15.4 Å². The van der Waals surface area contributed by atoms with Crippen molar-refractivity contribution in [3.8, 4) is 5.75 Å². The maximum Gasteiger partial charge on any atom is 0.191 e. The van der Waals surface area contributed by atoms with Gasteiger partial charge in [0.15, 0.2) is 5.96 Å². The topological polar surface area (TPSA) is 45.7 Å². The molecule has 0 bridgehead atoms. The summed E-state index contributed by atoms with van der Waals surface area (Å²) < 4.78 is 5.64. The van der Waals surface area contributed by atoms with E-state index >= 15 is 0 Å². The summed E-state index contributed by atoms with van der Waals surface area (Å²) in [5, 5.41) is 6.64. The van der Waals surface area contributed by atoms with Gasteiger partial charge in [-0.2, -0.15) is 0 Å². The molecule has 0 radical (unpaired) electrons. The van der Waals surface area contributed by atoms with E-state index in [1.54, 1.807) is 0 Å². The van der Waals surface area contributed by atoms with Crippen LogP contribution in [0.1, 0.15) is 47.1 Å². The average molecular weight is 291 g/mol. The second-order valence-corrected chi connectivity index (χ2v) is 6.38. The van der Waals surface area contributed by atoms with Crippen molar-refractivity contribution in [3.05, 3.63) is 29.8 Å². The highest BCUT2D eigenvalue weighted by atomic mass is 16.5. The number of hydrogen-bond acceptors (Lipinski definition) is 2. The number of ether oxygens (including phenoxy) is 1. The molecular formula is C17H29N3O. The lowest BCUT2D eigenvalue weighted by molar-refractivity contribution is 0.242. The van der Waals surface area contributed by atoms with E-state index in [4.69, 9.17) is 4.74 Å². The van der Waals surface area contributed by atoms with Gasteiger partial charge in [-0.15, -0.1) is 0 Å². The Hall–Kier alpha value is -1.71. The molecule has 0 saturated carbocycles. The summed E-state index contributed by atoms with van der Waals surface area (Å²) in [5.74, 6) is 1.74. The summed E-state index contributed by atoms with van der Waals surface area (Å²) in [6.07, 6.45) is 0.199. The smallest absolute Gasteiger partial charge is 0.191 e. The Morgan fingerprint density at radius 1 is 1.19 bits per heavy atom. The summed E-state index contributed by atoms with van der Waals surface area (Å²) in [5.41, 5.74) is 1.16. The van der Waals surface area contributed by atoms with Crippen molar-refractivity contribution in [1.82, 2.24) is 10.6 Å². The average Bonchev–Trinajstić information content (AvgIpc) is 2.35.